The van der Waals surface area contributed by atoms with Crippen LogP contribution in [0, 0.1) is 5.92 Å². The van der Waals surface area contributed by atoms with Gasteiger partial charge in [0.1, 0.15) is 11.5 Å². The minimum Gasteiger partial charge on any atom is -0.505 e. The predicted octanol–water partition coefficient (Wildman–Crippen LogP) is 3.07. The molecule has 0 heterocycles. The highest BCUT2D eigenvalue weighted by atomic mass is 16.3. The Morgan fingerprint density at radius 3 is 2.82 bits per heavy atom. The average Bonchev–Trinajstić information content (AvgIpc) is 2.49. The number of Topliss-reactive ketones (excluding diaryl/α,β-unsaturated/α-hetero) is 2. The zero-order valence-corrected chi connectivity index (χ0v) is 12.5. The second-order valence-electron chi connectivity index (χ2n) is 5.71. The van der Waals surface area contributed by atoms with Crippen LogP contribution >= 0.6 is 0 Å². The molecule has 2 N–H and O–H groups in total. The fraction of sp³-hybridized carbons (Fsp3) is 0.471. The van der Waals surface area contributed by atoms with Gasteiger partial charge in [-0.1, -0.05) is 25.3 Å². The largest absolute Gasteiger partial charge is 0.505 e. The third-order valence-electron chi connectivity index (χ3n) is 4.16. The molecule has 1 atom stereocenters. The minimum atomic E-state index is -0.258. The van der Waals surface area contributed by atoms with E-state index in [0.29, 0.717) is 12.8 Å². The summed E-state index contributed by atoms with van der Waals surface area (Å²) in [6.07, 6.45) is 5.87. The van der Waals surface area contributed by atoms with Gasteiger partial charge in [0.25, 0.3) is 0 Å². The molecule has 1 aromatic rings. The van der Waals surface area contributed by atoms with Crippen molar-refractivity contribution in [3.63, 3.8) is 0 Å². The molecule has 0 spiro atoms. The van der Waals surface area contributed by atoms with Crippen LogP contribution in [0.15, 0.2) is 18.2 Å². The number of carbonyl (C=O) groups excluding carboxylic acids is 3. The van der Waals surface area contributed by atoms with E-state index in [1.807, 2.05) is 0 Å². The number of hydrogen-bond acceptors (Lipinski definition) is 4. The number of rotatable bonds is 5. The van der Waals surface area contributed by atoms with E-state index in [0.717, 1.165) is 32.1 Å². The van der Waals surface area contributed by atoms with E-state index in [-0.39, 0.29) is 40.9 Å². The molecule has 1 amide bonds. The van der Waals surface area contributed by atoms with Crippen molar-refractivity contribution < 1.29 is 19.5 Å². The molecule has 1 saturated carbocycles. The number of anilines is 1. The molecule has 2 rings (SSSR count). The smallest absolute Gasteiger partial charge is 0.211 e. The van der Waals surface area contributed by atoms with Crippen LogP contribution in [-0.4, -0.2) is 23.1 Å². The molecule has 1 fully saturated rings. The van der Waals surface area contributed by atoms with Gasteiger partial charge in [-0.05, 0) is 25.0 Å². The molecule has 118 valence electrons. The molecule has 1 aromatic carbocycles. The normalized spacial score (nSPS) is 19.1. The first-order chi connectivity index (χ1) is 10.6. The van der Waals surface area contributed by atoms with Gasteiger partial charge >= 0.3 is 0 Å². The lowest BCUT2D eigenvalue weighted by Crippen LogP contribution is -2.20. The minimum absolute atomic E-state index is 0.122. The van der Waals surface area contributed by atoms with Gasteiger partial charge in [0.15, 0.2) is 5.78 Å². The second-order valence-corrected chi connectivity index (χ2v) is 5.71. The zero-order chi connectivity index (χ0) is 15.9. The third-order valence-corrected chi connectivity index (χ3v) is 4.16. The van der Waals surface area contributed by atoms with Crippen molar-refractivity contribution in [3.05, 3.63) is 23.8 Å². The SMILES string of the molecule is O=CNc1cccc(C(=O)CC2CCCCCCC2=O)c1O. The Balaban J connectivity index is 2.12. The molecule has 22 heavy (non-hydrogen) atoms. The lowest BCUT2D eigenvalue weighted by molar-refractivity contribution is -0.123. The average molecular weight is 303 g/mol. The summed E-state index contributed by atoms with van der Waals surface area (Å²) in [5, 5.41) is 12.4. The monoisotopic (exact) mass is 303 g/mol. The summed E-state index contributed by atoms with van der Waals surface area (Å²) in [7, 11) is 0. The van der Waals surface area contributed by atoms with Gasteiger partial charge in [0, 0.05) is 18.8 Å². The fourth-order valence-corrected chi connectivity index (χ4v) is 2.91. The van der Waals surface area contributed by atoms with Gasteiger partial charge in [0.2, 0.25) is 6.41 Å². The highest BCUT2D eigenvalue weighted by Crippen LogP contribution is 2.30. The topological polar surface area (TPSA) is 83.5 Å². The van der Waals surface area contributed by atoms with Crippen LogP contribution < -0.4 is 5.32 Å². The van der Waals surface area contributed by atoms with Crippen molar-refractivity contribution in [3.8, 4) is 5.75 Å². The van der Waals surface area contributed by atoms with Crippen molar-refractivity contribution in [2.75, 3.05) is 5.32 Å². The first-order valence-electron chi connectivity index (χ1n) is 7.71. The van der Waals surface area contributed by atoms with Crippen molar-refractivity contribution in [2.45, 2.75) is 44.9 Å². The molecule has 5 heteroatoms. The van der Waals surface area contributed by atoms with Gasteiger partial charge < -0.3 is 10.4 Å². The number of amides is 1. The van der Waals surface area contributed by atoms with E-state index in [1.54, 1.807) is 6.07 Å². The molecule has 0 bridgehead atoms. The predicted molar refractivity (Wildman–Crippen MR) is 82.9 cm³/mol. The van der Waals surface area contributed by atoms with Crippen LogP contribution in [0.3, 0.4) is 0 Å². The molecule has 0 aromatic heterocycles. The summed E-state index contributed by atoms with van der Waals surface area (Å²) in [6, 6.07) is 4.63. The summed E-state index contributed by atoms with van der Waals surface area (Å²) in [5.74, 6) is -0.603. The Kier molecular flexibility index (Phi) is 5.69. The number of carbonyl (C=O) groups is 3. The van der Waals surface area contributed by atoms with E-state index in [4.69, 9.17) is 0 Å². The van der Waals surface area contributed by atoms with Gasteiger partial charge in [-0.15, -0.1) is 0 Å². The molecule has 0 aliphatic heterocycles. The summed E-state index contributed by atoms with van der Waals surface area (Å²) in [4.78, 5) is 35.0. The fourth-order valence-electron chi connectivity index (χ4n) is 2.91. The third kappa shape index (κ3) is 3.93. The van der Waals surface area contributed by atoms with Crippen LogP contribution in [0.25, 0.3) is 0 Å². The van der Waals surface area contributed by atoms with Gasteiger partial charge in [-0.25, -0.2) is 0 Å². The van der Waals surface area contributed by atoms with Crippen LogP contribution in [0.2, 0.25) is 0 Å². The molecular formula is C17H21NO4. The Bertz CT molecular complexity index is 568. The van der Waals surface area contributed by atoms with Gasteiger partial charge in [-0.3, -0.25) is 14.4 Å². The first-order valence-corrected chi connectivity index (χ1v) is 7.71. The van der Waals surface area contributed by atoms with Crippen molar-refractivity contribution in [1.29, 1.82) is 0 Å². The highest BCUT2D eigenvalue weighted by molar-refractivity contribution is 6.02. The maximum atomic E-state index is 12.4. The quantitative estimate of drug-likeness (QED) is 0.497. The molecule has 0 saturated heterocycles. The molecule has 1 aliphatic rings. The Morgan fingerprint density at radius 1 is 1.27 bits per heavy atom. The Morgan fingerprint density at radius 2 is 2.05 bits per heavy atom. The maximum absolute atomic E-state index is 12.4. The summed E-state index contributed by atoms with van der Waals surface area (Å²) < 4.78 is 0. The van der Waals surface area contributed by atoms with Crippen LogP contribution in [0.1, 0.15) is 55.3 Å². The molecule has 5 nitrogen and oxygen atoms in total. The summed E-state index contributed by atoms with van der Waals surface area (Å²) in [6.45, 7) is 0. The molecule has 0 radical (unpaired) electrons. The van der Waals surface area contributed by atoms with E-state index in [2.05, 4.69) is 5.32 Å². The first kappa shape index (κ1) is 16.2. The Labute approximate surface area is 129 Å². The lowest BCUT2D eigenvalue weighted by atomic mass is 9.85. The van der Waals surface area contributed by atoms with Crippen LogP contribution in [-0.2, 0) is 9.59 Å². The van der Waals surface area contributed by atoms with E-state index in [9.17, 15) is 19.5 Å². The zero-order valence-electron chi connectivity index (χ0n) is 12.5. The number of hydrogen-bond donors (Lipinski definition) is 2. The number of ketones is 2. The highest BCUT2D eigenvalue weighted by Gasteiger charge is 2.24. The van der Waals surface area contributed by atoms with Crippen molar-refractivity contribution >= 4 is 23.7 Å². The second kappa shape index (κ2) is 7.73. The van der Waals surface area contributed by atoms with Gasteiger partial charge in [-0.2, -0.15) is 0 Å². The van der Waals surface area contributed by atoms with Gasteiger partial charge in [0.05, 0.1) is 11.3 Å². The van der Waals surface area contributed by atoms with E-state index in [1.165, 1.54) is 12.1 Å². The number of phenolic OH excluding ortho intramolecular Hbond substituents is 1. The molecular weight excluding hydrogens is 282 g/mol. The standard InChI is InChI=1S/C17H21NO4/c19-11-18-14-8-5-7-13(17(14)22)16(21)10-12-6-3-1-2-4-9-15(12)20/h5,7-8,11-12,22H,1-4,6,9-10H2,(H,18,19). The summed E-state index contributed by atoms with van der Waals surface area (Å²) >= 11 is 0. The lowest BCUT2D eigenvalue weighted by Gasteiger charge is -2.18. The number of phenols is 1. The number of benzene rings is 1. The number of aromatic hydroxyl groups is 1. The van der Waals surface area contributed by atoms with Crippen LogP contribution in [0.5, 0.6) is 5.75 Å². The summed E-state index contributed by atoms with van der Waals surface area (Å²) in [5.41, 5.74) is 0.353. The Hall–Kier alpha value is -2.17. The van der Waals surface area contributed by atoms with E-state index < -0.39 is 0 Å². The maximum Gasteiger partial charge on any atom is 0.211 e. The number of nitrogens with one attached hydrogen (secondary N) is 1. The van der Waals surface area contributed by atoms with Crippen LogP contribution in [0.4, 0.5) is 5.69 Å². The van der Waals surface area contributed by atoms with Crippen molar-refractivity contribution in [1.82, 2.24) is 0 Å². The molecule has 1 unspecified atom stereocenters. The van der Waals surface area contributed by atoms with Crippen molar-refractivity contribution in [2.24, 2.45) is 5.92 Å². The van der Waals surface area contributed by atoms with E-state index >= 15 is 0 Å². The number of para-hydroxylation sites is 1. The molecule has 1 aliphatic carbocycles.